The molecule has 11 nitrogen and oxygen atoms in total. The number of para-hydroxylation sites is 1. The molecule has 2 aromatic carbocycles. The van der Waals surface area contributed by atoms with E-state index in [-0.39, 0.29) is 17.9 Å². The first-order chi connectivity index (χ1) is 20.2. The van der Waals surface area contributed by atoms with Crippen LogP contribution in [0.2, 0.25) is 0 Å². The molecule has 1 fully saturated rings. The van der Waals surface area contributed by atoms with Crippen LogP contribution in [0.1, 0.15) is 36.9 Å². The number of halogens is 2. The number of carbonyl (C=O) groups excluding carboxylic acids is 1. The van der Waals surface area contributed by atoms with E-state index in [4.69, 9.17) is 9.15 Å². The molecule has 4 aromatic rings. The van der Waals surface area contributed by atoms with Crippen molar-refractivity contribution in [3.8, 4) is 17.3 Å². The second-order valence-electron chi connectivity index (χ2n) is 10.5. The largest absolute Gasteiger partial charge is 0.437 e. The van der Waals surface area contributed by atoms with Crippen LogP contribution < -0.4 is 16.4 Å². The Labute approximate surface area is 241 Å². The van der Waals surface area contributed by atoms with Gasteiger partial charge in [-0.05, 0) is 50.6 Å². The molecule has 42 heavy (non-hydrogen) atoms. The smallest absolute Gasteiger partial charge is 0.386 e. The zero-order chi connectivity index (χ0) is 30.0. The van der Waals surface area contributed by atoms with Gasteiger partial charge in [0.25, 0.3) is 5.89 Å². The highest BCUT2D eigenvalue weighted by Gasteiger charge is 2.35. The van der Waals surface area contributed by atoms with Crippen LogP contribution in [-0.2, 0) is 4.74 Å². The number of nitrogens with one attached hydrogen (secondary N) is 2. The number of anilines is 1. The number of nitrogens with zero attached hydrogens (tertiary/aromatic N) is 5. The molecular weight excluding hydrogens is 548 g/mol. The molecule has 2 amide bonds. The van der Waals surface area contributed by atoms with Crippen LogP contribution >= 0.6 is 0 Å². The van der Waals surface area contributed by atoms with E-state index in [1.165, 1.54) is 10.7 Å². The van der Waals surface area contributed by atoms with Crippen molar-refractivity contribution in [3.05, 3.63) is 81.8 Å². The highest BCUT2D eigenvalue weighted by Crippen LogP contribution is 2.31. The monoisotopic (exact) mass is 581 g/mol. The fourth-order valence-corrected chi connectivity index (χ4v) is 5.14. The molecule has 0 aliphatic carbocycles. The normalized spacial score (nSPS) is 17.2. The number of benzene rings is 2. The van der Waals surface area contributed by atoms with Crippen LogP contribution in [0.5, 0.6) is 0 Å². The molecule has 2 atom stereocenters. The van der Waals surface area contributed by atoms with Gasteiger partial charge in [0.1, 0.15) is 5.82 Å². The molecule has 2 aromatic heterocycles. The van der Waals surface area contributed by atoms with Crippen molar-refractivity contribution in [3.63, 3.8) is 0 Å². The van der Waals surface area contributed by atoms with E-state index in [1.54, 1.807) is 24.8 Å². The molecule has 1 saturated heterocycles. The van der Waals surface area contributed by atoms with Crippen molar-refractivity contribution in [2.24, 2.45) is 0 Å². The van der Waals surface area contributed by atoms with Crippen molar-refractivity contribution >= 4 is 11.8 Å². The molecule has 2 N–H and O–H groups in total. The van der Waals surface area contributed by atoms with Gasteiger partial charge in [0.05, 0.1) is 24.4 Å². The van der Waals surface area contributed by atoms with Gasteiger partial charge in [-0.15, -0.1) is 5.10 Å². The molecular formula is C29H33F2N7O4. The first kappa shape index (κ1) is 29.1. The Hall–Kier alpha value is -4.36. The fraction of sp³-hybridized carbons (Fsp3) is 0.379. The topological polar surface area (TPSA) is 119 Å². The molecule has 3 heterocycles. The summed E-state index contributed by atoms with van der Waals surface area (Å²) < 4.78 is 41.2. The Kier molecular flexibility index (Phi) is 8.50. The van der Waals surface area contributed by atoms with Crippen molar-refractivity contribution in [1.82, 2.24) is 29.8 Å². The van der Waals surface area contributed by atoms with Gasteiger partial charge >= 0.3 is 11.8 Å². The summed E-state index contributed by atoms with van der Waals surface area (Å²) in [5.41, 5.74) is 2.09. The molecule has 222 valence electrons. The summed E-state index contributed by atoms with van der Waals surface area (Å²) in [6, 6.07) is 11.9. The van der Waals surface area contributed by atoms with E-state index in [2.05, 4.69) is 25.7 Å². The van der Waals surface area contributed by atoms with E-state index in [0.717, 1.165) is 6.07 Å². The fourth-order valence-electron chi connectivity index (χ4n) is 5.14. The first-order valence-corrected chi connectivity index (χ1v) is 13.6. The number of methoxy groups -OCH3 is 1. The summed E-state index contributed by atoms with van der Waals surface area (Å²) in [5, 5.41) is 14.9. The number of aromatic nitrogens is 4. The lowest BCUT2D eigenvalue weighted by Gasteiger charge is -2.21. The van der Waals surface area contributed by atoms with Crippen molar-refractivity contribution in [2.45, 2.75) is 38.8 Å². The highest BCUT2D eigenvalue weighted by molar-refractivity contribution is 5.90. The number of rotatable bonds is 9. The minimum absolute atomic E-state index is 0.0346. The Bertz CT molecular complexity index is 1620. The molecule has 0 radical (unpaired) electrons. The maximum Gasteiger partial charge on any atom is 0.437 e. The molecule has 0 saturated carbocycles. The Balaban J connectivity index is 1.44. The number of urea groups is 1. The number of hydrogen-bond donors (Lipinski definition) is 2. The van der Waals surface area contributed by atoms with Crippen molar-refractivity contribution < 1.29 is 22.7 Å². The summed E-state index contributed by atoms with van der Waals surface area (Å²) in [6.45, 7) is 7.50. The summed E-state index contributed by atoms with van der Waals surface area (Å²) in [6.07, 6.45) is 0. The number of likely N-dealkylation sites (tertiary alicyclic amines) is 1. The lowest BCUT2D eigenvalue weighted by molar-refractivity contribution is 0.159. The Morgan fingerprint density at radius 3 is 2.55 bits per heavy atom. The third kappa shape index (κ3) is 5.97. The summed E-state index contributed by atoms with van der Waals surface area (Å²) in [4.78, 5) is 27.9. The van der Waals surface area contributed by atoms with Gasteiger partial charge in [0.15, 0.2) is 17.3 Å². The van der Waals surface area contributed by atoms with Crippen LogP contribution in [0.3, 0.4) is 0 Å². The third-order valence-corrected chi connectivity index (χ3v) is 7.31. The third-order valence-electron chi connectivity index (χ3n) is 7.31. The highest BCUT2D eigenvalue weighted by atomic mass is 19.2. The van der Waals surface area contributed by atoms with E-state index >= 15 is 0 Å². The molecule has 1 aliphatic heterocycles. The summed E-state index contributed by atoms with van der Waals surface area (Å²) in [5.74, 6) is -2.37. The van der Waals surface area contributed by atoms with E-state index in [9.17, 15) is 18.4 Å². The maximum absolute atomic E-state index is 14.1. The van der Waals surface area contributed by atoms with Gasteiger partial charge in [-0.2, -0.15) is 9.78 Å². The second kappa shape index (κ2) is 12.2. The molecule has 0 spiro atoms. The second-order valence-corrected chi connectivity index (χ2v) is 10.5. The van der Waals surface area contributed by atoms with Crippen molar-refractivity contribution in [2.75, 3.05) is 38.7 Å². The van der Waals surface area contributed by atoms with Crippen molar-refractivity contribution in [1.29, 1.82) is 0 Å². The average Bonchev–Trinajstić information content (AvgIpc) is 3.65. The van der Waals surface area contributed by atoms with E-state index < -0.39 is 29.5 Å². The SMILES string of the molecule is COCCN1CC(NC(=O)Nc2c(C)c(-c3nn(C(C)C)c(=O)o3)nn2-c2ccccc2)C(c2ccc(F)c(F)c2)C1. The predicted molar refractivity (Wildman–Crippen MR) is 152 cm³/mol. The molecule has 5 rings (SSSR count). The first-order valence-electron chi connectivity index (χ1n) is 13.6. The van der Waals surface area contributed by atoms with Gasteiger partial charge in [0.2, 0.25) is 0 Å². The van der Waals surface area contributed by atoms with E-state index in [1.807, 2.05) is 44.2 Å². The standard InChI is InChI=1S/C29H33F2N7O4/c1-17(2)37-29(40)42-27(35-37)25-18(3)26(38(34-25)20-8-6-5-7-9-20)33-28(39)32-24-16-36(12-13-41-4)15-21(24)19-10-11-22(30)23(31)14-19/h5-11,14,17,21,24H,12-13,15-16H2,1-4H3,(H2,32,33,39). The summed E-state index contributed by atoms with van der Waals surface area (Å²) >= 11 is 0. The molecule has 2 unspecified atom stereocenters. The zero-order valence-electron chi connectivity index (χ0n) is 23.8. The number of carbonyl (C=O) groups is 1. The quantitative estimate of drug-likeness (QED) is 0.306. The lowest BCUT2D eigenvalue weighted by atomic mass is 9.94. The van der Waals surface area contributed by atoms with Gasteiger partial charge in [-0.25, -0.2) is 23.1 Å². The minimum Gasteiger partial charge on any atom is -0.386 e. The predicted octanol–water partition coefficient (Wildman–Crippen LogP) is 4.09. The summed E-state index contributed by atoms with van der Waals surface area (Å²) in [7, 11) is 1.61. The van der Waals surface area contributed by atoms with Gasteiger partial charge in [-0.1, -0.05) is 24.3 Å². The molecule has 0 bridgehead atoms. The molecule has 1 aliphatic rings. The zero-order valence-corrected chi connectivity index (χ0v) is 23.8. The Morgan fingerprint density at radius 2 is 1.88 bits per heavy atom. The van der Waals surface area contributed by atoms with Crippen LogP contribution in [0.25, 0.3) is 17.3 Å². The van der Waals surface area contributed by atoms with E-state index in [0.29, 0.717) is 54.6 Å². The van der Waals surface area contributed by atoms with Crippen LogP contribution in [0.4, 0.5) is 19.4 Å². The minimum atomic E-state index is -0.937. The lowest BCUT2D eigenvalue weighted by Crippen LogP contribution is -2.42. The van der Waals surface area contributed by atoms with Crippen LogP contribution in [-0.4, -0.2) is 69.9 Å². The van der Waals surface area contributed by atoms with Gasteiger partial charge in [-0.3, -0.25) is 10.2 Å². The number of amides is 2. The Morgan fingerprint density at radius 1 is 1.12 bits per heavy atom. The maximum atomic E-state index is 14.1. The van der Waals surface area contributed by atoms with Crippen LogP contribution in [0.15, 0.2) is 57.7 Å². The molecule has 13 heteroatoms. The van der Waals surface area contributed by atoms with Crippen LogP contribution in [0, 0.1) is 18.6 Å². The van der Waals surface area contributed by atoms with Gasteiger partial charge in [0, 0.05) is 38.2 Å². The van der Waals surface area contributed by atoms with Gasteiger partial charge < -0.3 is 14.5 Å². The number of hydrogen-bond acceptors (Lipinski definition) is 7. The number of ether oxygens (including phenoxy) is 1. The average molecular weight is 582 g/mol.